The van der Waals surface area contributed by atoms with Crippen LogP contribution in [0.4, 0.5) is 5.69 Å². The topological polar surface area (TPSA) is 101 Å². The smallest absolute Gasteiger partial charge is 0.305 e. The van der Waals surface area contributed by atoms with E-state index in [1.54, 1.807) is 54.9 Å². The summed E-state index contributed by atoms with van der Waals surface area (Å²) in [6, 6.07) is 29.8. The van der Waals surface area contributed by atoms with Gasteiger partial charge in [0.1, 0.15) is 0 Å². The van der Waals surface area contributed by atoms with Gasteiger partial charge < -0.3 is 15.0 Å². The first-order valence-electron chi connectivity index (χ1n) is 11.7. The highest BCUT2D eigenvalue weighted by atomic mass is 16.4. The second-order valence-electron chi connectivity index (χ2n) is 8.61. The second kappa shape index (κ2) is 10.3. The lowest BCUT2D eigenvalue weighted by Gasteiger charge is -2.18. The summed E-state index contributed by atoms with van der Waals surface area (Å²) in [6.45, 7) is 0. The maximum absolute atomic E-state index is 12.8. The van der Waals surface area contributed by atoms with Gasteiger partial charge in [0.15, 0.2) is 5.78 Å². The van der Waals surface area contributed by atoms with Crippen molar-refractivity contribution in [3.05, 3.63) is 132 Å². The fourth-order valence-electron chi connectivity index (χ4n) is 4.31. The van der Waals surface area contributed by atoms with E-state index in [0.717, 1.165) is 11.1 Å². The van der Waals surface area contributed by atoms with Gasteiger partial charge in [0.25, 0.3) is 5.91 Å². The molecule has 1 atom stereocenters. The van der Waals surface area contributed by atoms with Crippen LogP contribution < -0.4 is 5.32 Å². The Balaban J connectivity index is 1.34. The molecule has 1 unspecified atom stereocenters. The Morgan fingerprint density at radius 3 is 2.08 bits per heavy atom. The summed E-state index contributed by atoms with van der Waals surface area (Å²) in [7, 11) is 0. The number of fused-ring (bicyclic) bond motifs is 1. The second-order valence-corrected chi connectivity index (χ2v) is 8.61. The molecule has 0 aliphatic heterocycles. The lowest BCUT2D eigenvalue weighted by molar-refractivity contribution is -0.137. The molecule has 0 aliphatic carbocycles. The standard InChI is InChI=1S/C30H23N3O4/c34-28(35)18-27(20-7-3-1-4-8-20)33-19-31-25-17-24(15-16-26(25)33)32-30(37)23-13-11-22(12-14-23)29(36)21-9-5-2-6-10-21/h1-17,19,27H,18H2,(H,32,37)(H,34,35). The number of carboxylic acids is 1. The molecule has 4 aromatic carbocycles. The van der Waals surface area contributed by atoms with Gasteiger partial charge in [0, 0.05) is 22.4 Å². The predicted octanol–water partition coefficient (Wildman–Crippen LogP) is 5.58. The monoisotopic (exact) mass is 489 g/mol. The van der Waals surface area contributed by atoms with Crippen molar-refractivity contribution in [2.45, 2.75) is 12.5 Å². The number of benzene rings is 4. The average Bonchev–Trinajstić information content (AvgIpc) is 3.35. The van der Waals surface area contributed by atoms with E-state index in [9.17, 15) is 19.5 Å². The van der Waals surface area contributed by atoms with E-state index in [2.05, 4.69) is 10.3 Å². The van der Waals surface area contributed by atoms with Crippen molar-refractivity contribution in [1.82, 2.24) is 9.55 Å². The first-order valence-corrected chi connectivity index (χ1v) is 11.7. The number of carbonyl (C=O) groups is 3. The lowest BCUT2D eigenvalue weighted by Crippen LogP contribution is -2.14. The number of amides is 1. The van der Waals surface area contributed by atoms with Gasteiger partial charge in [-0.05, 0) is 35.9 Å². The SMILES string of the molecule is O=C(O)CC(c1ccccc1)n1cnc2cc(NC(=O)c3ccc(C(=O)c4ccccc4)cc3)ccc21. The van der Waals surface area contributed by atoms with Gasteiger partial charge in [-0.25, -0.2) is 4.98 Å². The number of ketones is 1. The first kappa shape index (κ1) is 23.7. The van der Waals surface area contributed by atoms with Crippen LogP contribution in [0.25, 0.3) is 11.0 Å². The van der Waals surface area contributed by atoms with Crippen LogP contribution in [0, 0.1) is 0 Å². The van der Waals surface area contributed by atoms with Crippen molar-refractivity contribution in [2.75, 3.05) is 5.32 Å². The third kappa shape index (κ3) is 5.16. The number of rotatable bonds is 8. The summed E-state index contributed by atoms with van der Waals surface area (Å²) < 4.78 is 1.84. The first-order chi connectivity index (χ1) is 18.0. The summed E-state index contributed by atoms with van der Waals surface area (Å²) in [6.07, 6.45) is 1.54. The molecule has 1 heterocycles. The maximum atomic E-state index is 12.8. The Morgan fingerprint density at radius 1 is 0.784 bits per heavy atom. The number of carboxylic acid groups (broad SMARTS) is 1. The molecule has 0 spiro atoms. The van der Waals surface area contributed by atoms with Gasteiger partial charge in [-0.2, -0.15) is 0 Å². The number of hydrogen-bond acceptors (Lipinski definition) is 4. The van der Waals surface area contributed by atoms with Gasteiger partial charge >= 0.3 is 5.97 Å². The molecule has 5 aromatic rings. The third-order valence-electron chi connectivity index (χ3n) is 6.17. The Labute approximate surface area is 213 Å². The van der Waals surface area contributed by atoms with Gasteiger partial charge in [0.2, 0.25) is 0 Å². The Morgan fingerprint density at radius 2 is 1.41 bits per heavy atom. The Bertz CT molecular complexity index is 1580. The van der Waals surface area contributed by atoms with Crippen LogP contribution in [0.1, 0.15) is 44.3 Å². The van der Waals surface area contributed by atoms with Crippen molar-refractivity contribution < 1.29 is 19.5 Å². The number of hydrogen-bond donors (Lipinski definition) is 2. The molecule has 0 aliphatic rings. The molecule has 5 rings (SSSR count). The van der Waals surface area contributed by atoms with E-state index in [0.29, 0.717) is 27.9 Å². The zero-order valence-electron chi connectivity index (χ0n) is 19.7. The molecule has 2 N–H and O–H groups in total. The zero-order valence-corrected chi connectivity index (χ0v) is 19.7. The minimum Gasteiger partial charge on any atom is -0.481 e. The molecule has 0 saturated carbocycles. The van der Waals surface area contributed by atoms with Crippen LogP contribution in [0.2, 0.25) is 0 Å². The molecule has 0 radical (unpaired) electrons. The van der Waals surface area contributed by atoms with E-state index >= 15 is 0 Å². The van der Waals surface area contributed by atoms with Crippen molar-refractivity contribution in [3.8, 4) is 0 Å². The van der Waals surface area contributed by atoms with Crippen molar-refractivity contribution in [2.24, 2.45) is 0 Å². The number of aliphatic carboxylic acids is 1. The van der Waals surface area contributed by atoms with E-state index in [1.165, 1.54) is 0 Å². The number of anilines is 1. The van der Waals surface area contributed by atoms with E-state index < -0.39 is 12.0 Å². The highest BCUT2D eigenvalue weighted by Gasteiger charge is 2.20. The highest BCUT2D eigenvalue weighted by Crippen LogP contribution is 2.28. The predicted molar refractivity (Wildman–Crippen MR) is 141 cm³/mol. The quantitative estimate of drug-likeness (QED) is 0.277. The van der Waals surface area contributed by atoms with Crippen molar-refractivity contribution in [3.63, 3.8) is 0 Å². The summed E-state index contributed by atoms with van der Waals surface area (Å²) in [5.74, 6) is -1.33. The zero-order chi connectivity index (χ0) is 25.8. The van der Waals surface area contributed by atoms with E-state index in [4.69, 9.17) is 0 Å². The van der Waals surface area contributed by atoms with Gasteiger partial charge in [-0.15, -0.1) is 0 Å². The van der Waals surface area contributed by atoms with Gasteiger partial charge in [0.05, 0.1) is 29.8 Å². The van der Waals surface area contributed by atoms with E-state index in [-0.39, 0.29) is 18.1 Å². The molecule has 7 heteroatoms. The van der Waals surface area contributed by atoms with Crippen LogP contribution in [0.3, 0.4) is 0 Å². The normalized spacial score (nSPS) is 11.7. The summed E-state index contributed by atoms with van der Waals surface area (Å²) in [5.41, 5.74) is 4.33. The summed E-state index contributed by atoms with van der Waals surface area (Å²) >= 11 is 0. The van der Waals surface area contributed by atoms with E-state index in [1.807, 2.05) is 59.2 Å². The molecule has 1 aromatic heterocycles. The largest absolute Gasteiger partial charge is 0.481 e. The van der Waals surface area contributed by atoms with Crippen molar-refractivity contribution >= 4 is 34.4 Å². The van der Waals surface area contributed by atoms with Crippen LogP contribution in [-0.4, -0.2) is 32.3 Å². The number of imidazole rings is 1. The minimum atomic E-state index is -0.906. The van der Waals surface area contributed by atoms with Gasteiger partial charge in [-0.3, -0.25) is 14.4 Å². The lowest BCUT2D eigenvalue weighted by atomic mass is 10.0. The molecule has 1 amide bonds. The minimum absolute atomic E-state index is 0.0866. The molecule has 0 bridgehead atoms. The molecular weight excluding hydrogens is 466 g/mol. The Hall–Kier alpha value is -5.04. The fourth-order valence-corrected chi connectivity index (χ4v) is 4.31. The fraction of sp³-hybridized carbons (Fsp3) is 0.0667. The molecule has 7 nitrogen and oxygen atoms in total. The van der Waals surface area contributed by atoms with Gasteiger partial charge in [-0.1, -0.05) is 72.8 Å². The number of aromatic nitrogens is 2. The average molecular weight is 490 g/mol. The maximum Gasteiger partial charge on any atom is 0.305 e. The molecule has 0 fully saturated rings. The highest BCUT2D eigenvalue weighted by molar-refractivity contribution is 6.10. The number of nitrogens with zero attached hydrogens (tertiary/aromatic N) is 2. The molecule has 37 heavy (non-hydrogen) atoms. The summed E-state index contributed by atoms with van der Waals surface area (Å²) in [5, 5.41) is 12.3. The van der Waals surface area contributed by atoms with Crippen molar-refractivity contribution in [1.29, 1.82) is 0 Å². The molecule has 0 saturated heterocycles. The Kier molecular flexibility index (Phi) is 6.59. The van der Waals surface area contributed by atoms with Crippen LogP contribution in [0.15, 0.2) is 109 Å². The van der Waals surface area contributed by atoms with Crippen LogP contribution >= 0.6 is 0 Å². The molecular formula is C30H23N3O4. The molecule has 182 valence electrons. The number of carbonyl (C=O) groups excluding carboxylic acids is 2. The summed E-state index contributed by atoms with van der Waals surface area (Å²) in [4.78, 5) is 41.4. The van der Waals surface area contributed by atoms with Crippen LogP contribution in [0.5, 0.6) is 0 Å². The third-order valence-corrected chi connectivity index (χ3v) is 6.17. The van der Waals surface area contributed by atoms with Crippen LogP contribution in [-0.2, 0) is 4.79 Å². The number of nitrogens with one attached hydrogen (secondary N) is 1.